The van der Waals surface area contributed by atoms with Gasteiger partial charge in [-0.1, -0.05) is 37.3 Å². The van der Waals surface area contributed by atoms with Gasteiger partial charge in [-0.15, -0.1) is 24.0 Å². The standard InChI is InChI=1S/C22H36N4OS.HI/c1-3-23-21(24-19-22(28-4-2)10-16-27-17-11-22)26-14-12-25(13-15-26)18-20-8-6-5-7-9-20;/h5-9H,3-4,10-19H2,1-2H3,(H,23,24);1H. The fourth-order valence-corrected chi connectivity index (χ4v) is 5.23. The summed E-state index contributed by atoms with van der Waals surface area (Å²) in [6, 6.07) is 10.8. The van der Waals surface area contributed by atoms with E-state index in [9.17, 15) is 0 Å². The average molecular weight is 533 g/mol. The van der Waals surface area contributed by atoms with Crippen molar-refractivity contribution < 1.29 is 4.74 Å². The lowest BCUT2D eigenvalue weighted by Crippen LogP contribution is -2.52. The second-order valence-electron chi connectivity index (χ2n) is 7.65. The van der Waals surface area contributed by atoms with Gasteiger partial charge in [0.1, 0.15) is 0 Å². The number of rotatable bonds is 7. The minimum atomic E-state index is 0. The maximum Gasteiger partial charge on any atom is 0.194 e. The Bertz CT molecular complexity index is 597. The second kappa shape index (κ2) is 13.0. The molecule has 0 radical (unpaired) electrons. The first-order chi connectivity index (χ1) is 13.7. The zero-order valence-corrected chi connectivity index (χ0v) is 21.1. The van der Waals surface area contributed by atoms with Gasteiger partial charge in [-0.3, -0.25) is 9.89 Å². The normalized spacial score (nSPS) is 20.2. The minimum absolute atomic E-state index is 0. The van der Waals surface area contributed by atoms with E-state index >= 15 is 0 Å². The van der Waals surface area contributed by atoms with Crippen molar-refractivity contribution in [1.82, 2.24) is 15.1 Å². The zero-order valence-electron chi connectivity index (χ0n) is 17.9. The SMILES string of the molecule is CCNC(=NCC1(SCC)CCOCC1)N1CCN(Cc2ccccc2)CC1.I. The Kier molecular flexibility index (Phi) is 11.1. The molecule has 2 heterocycles. The molecule has 0 saturated carbocycles. The van der Waals surface area contributed by atoms with Crippen molar-refractivity contribution in [3.05, 3.63) is 35.9 Å². The van der Waals surface area contributed by atoms with E-state index in [1.807, 2.05) is 0 Å². The largest absolute Gasteiger partial charge is 0.381 e. The fourth-order valence-electron chi connectivity index (χ4n) is 4.00. The third-order valence-electron chi connectivity index (χ3n) is 5.63. The van der Waals surface area contributed by atoms with Gasteiger partial charge in [0.25, 0.3) is 0 Å². The van der Waals surface area contributed by atoms with Crippen LogP contribution in [0.15, 0.2) is 35.3 Å². The molecule has 164 valence electrons. The predicted molar refractivity (Wildman–Crippen MR) is 136 cm³/mol. The number of aliphatic imine (C=N–C) groups is 1. The Morgan fingerprint density at radius 2 is 1.79 bits per heavy atom. The molecule has 1 aromatic carbocycles. The van der Waals surface area contributed by atoms with Crippen molar-refractivity contribution in [2.45, 2.75) is 38.0 Å². The van der Waals surface area contributed by atoms with Gasteiger partial charge >= 0.3 is 0 Å². The molecular weight excluding hydrogens is 495 g/mol. The molecule has 0 aliphatic carbocycles. The van der Waals surface area contributed by atoms with Crippen molar-refractivity contribution in [2.75, 3.05) is 58.2 Å². The molecule has 3 rings (SSSR count). The maximum absolute atomic E-state index is 5.61. The van der Waals surface area contributed by atoms with E-state index in [1.165, 1.54) is 5.56 Å². The highest BCUT2D eigenvalue weighted by molar-refractivity contribution is 14.0. The van der Waals surface area contributed by atoms with Crippen molar-refractivity contribution in [3.8, 4) is 0 Å². The molecule has 2 saturated heterocycles. The van der Waals surface area contributed by atoms with E-state index in [0.717, 1.165) is 83.6 Å². The van der Waals surface area contributed by atoms with Crippen LogP contribution in [0.1, 0.15) is 32.3 Å². The quantitative estimate of drug-likeness (QED) is 0.330. The van der Waals surface area contributed by atoms with Gasteiger partial charge in [0.05, 0.1) is 6.54 Å². The number of nitrogens with one attached hydrogen (secondary N) is 1. The smallest absolute Gasteiger partial charge is 0.194 e. The third kappa shape index (κ3) is 7.60. The summed E-state index contributed by atoms with van der Waals surface area (Å²) in [4.78, 5) is 10.1. The number of ether oxygens (including phenoxy) is 1. The molecule has 2 fully saturated rings. The fraction of sp³-hybridized carbons (Fsp3) is 0.682. The van der Waals surface area contributed by atoms with Crippen LogP contribution in [0.2, 0.25) is 0 Å². The summed E-state index contributed by atoms with van der Waals surface area (Å²) < 4.78 is 5.86. The summed E-state index contributed by atoms with van der Waals surface area (Å²) in [7, 11) is 0. The third-order valence-corrected chi connectivity index (χ3v) is 7.07. The van der Waals surface area contributed by atoms with Gasteiger partial charge in [0, 0.05) is 57.2 Å². The summed E-state index contributed by atoms with van der Waals surface area (Å²) in [5.74, 6) is 2.23. The molecule has 0 spiro atoms. The zero-order chi connectivity index (χ0) is 19.7. The van der Waals surface area contributed by atoms with Gasteiger partial charge in [-0.2, -0.15) is 11.8 Å². The summed E-state index contributed by atoms with van der Waals surface area (Å²) in [5.41, 5.74) is 1.40. The van der Waals surface area contributed by atoms with Crippen LogP contribution < -0.4 is 5.32 Å². The summed E-state index contributed by atoms with van der Waals surface area (Å²) in [6.07, 6.45) is 2.22. The summed E-state index contributed by atoms with van der Waals surface area (Å²) >= 11 is 2.07. The maximum atomic E-state index is 5.61. The molecule has 2 aliphatic heterocycles. The second-order valence-corrected chi connectivity index (χ2v) is 9.38. The van der Waals surface area contributed by atoms with Crippen molar-refractivity contribution in [1.29, 1.82) is 0 Å². The molecule has 7 heteroatoms. The van der Waals surface area contributed by atoms with E-state index in [1.54, 1.807) is 0 Å². The van der Waals surface area contributed by atoms with Gasteiger partial charge in [0.2, 0.25) is 0 Å². The Hall–Kier alpha value is -0.510. The van der Waals surface area contributed by atoms with Gasteiger partial charge in [0.15, 0.2) is 5.96 Å². The van der Waals surface area contributed by atoms with E-state index < -0.39 is 0 Å². The Labute approximate surface area is 198 Å². The van der Waals surface area contributed by atoms with Crippen molar-refractivity contribution in [2.24, 2.45) is 4.99 Å². The molecule has 29 heavy (non-hydrogen) atoms. The molecule has 2 aliphatic rings. The van der Waals surface area contributed by atoms with Crippen LogP contribution >= 0.6 is 35.7 Å². The number of hydrogen-bond donors (Lipinski definition) is 1. The number of piperazine rings is 1. The Morgan fingerprint density at radius 1 is 1.10 bits per heavy atom. The minimum Gasteiger partial charge on any atom is -0.381 e. The van der Waals surface area contributed by atoms with E-state index in [0.29, 0.717) is 0 Å². The highest BCUT2D eigenvalue weighted by Gasteiger charge is 2.33. The topological polar surface area (TPSA) is 40.1 Å². The first kappa shape index (κ1) is 24.8. The highest BCUT2D eigenvalue weighted by atomic mass is 127. The summed E-state index contributed by atoms with van der Waals surface area (Å²) in [6.45, 7) is 13.2. The number of nitrogens with zero attached hydrogens (tertiary/aromatic N) is 3. The number of halogens is 1. The van der Waals surface area contributed by atoms with Crippen LogP contribution in [0.5, 0.6) is 0 Å². The molecule has 0 amide bonds. The lowest BCUT2D eigenvalue weighted by atomic mass is 9.99. The van der Waals surface area contributed by atoms with Crippen molar-refractivity contribution >= 4 is 41.7 Å². The van der Waals surface area contributed by atoms with Crippen LogP contribution in [-0.2, 0) is 11.3 Å². The van der Waals surface area contributed by atoms with E-state index in [2.05, 4.69) is 71.1 Å². The highest BCUT2D eigenvalue weighted by Crippen LogP contribution is 2.35. The van der Waals surface area contributed by atoms with Crippen LogP contribution in [0.3, 0.4) is 0 Å². The molecule has 1 N–H and O–H groups in total. The van der Waals surface area contributed by atoms with Gasteiger partial charge in [-0.25, -0.2) is 0 Å². The van der Waals surface area contributed by atoms with Crippen LogP contribution in [0.25, 0.3) is 0 Å². The number of benzene rings is 1. The molecular formula is C22H37IN4OS. The molecule has 5 nitrogen and oxygen atoms in total. The number of hydrogen-bond acceptors (Lipinski definition) is 4. The molecule has 0 unspecified atom stereocenters. The monoisotopic (exact) mass is 532 g/mol. The van der Waals surface area contributed by atoms with E-state index in [4.69, 9.17) is 9.73 Å². The Morgan fingerprint density at radius 3 is 2.41 bits per heavy atom. The Balaban J connectivity index is 0.00000300. The number of thioether (sulfide) groups is 1. The van der Waals surface area contributed by atoms with Gasteiger partial charge < -0.3 is 15.0 Å². The lowest BCUT2D eigenvalue weighted by molar-refractivity contribution is 0.0792. The molecule has 0 aromatic heterocycles. The first-order valence-electron chi connectivity index (χ1n) is 10.8. The molecule has 0 atom stereocenters. The average Bonchev–Trinajstić information content (AvgIpc) is 2.73. The van der Waals surface area contributed by atoms with Gasteiger partial charge in [-0.05, 0) is 31.1 Å². The number of guanidine groups is 1. The van der Waals surface area contributed by atoms with E-state index in [-0.39, 0.29) is 28.7 Å². The molecule has 1 aromatic rings. The van der Waals surface area contributed by atoms with Crippen LogP contribution in [0, 0.1) is 0 Å². The van der Waals surface area contributed by atoms with Crippen LogP contribution in [-0.4, -0.2) is 78.7 Å². The van der Waals surface area contributed by atoms with Crippen LogP contribution in [0.4, 0.5) is 0 Å². The first-order valence-corrected chi connectivity index (χ1v) is 11.7. The lowest BCUT2D eigenvalue weighted by Gasteiger charge is -2.38. The van der Waals surface area contributed by atoms with Crippen molar-refractivity contribution in [3.63, 3.8) is 0 Å². The molecule has 0 bridgehead atoms. The predicted octanol–water partition coefficient (Wildman–Crippen LogP) is 3.69. The summed E-state index contributed by atoms with van der Waals surface area (Å²) in [5, 5.41) is 3.53.